The van der Waals surface area contributed by atoms with Crippen molar-refractivity contribution < 1.29 is 13.3 Å². The normalized spacial score (nSPS) is 16.2. The van der Waals surface area contributed by atoms with Crippen LogP contribution in [0.1, 0.15) is 17.0 Å². The Bertz CT molecular complexity index is 769. The summed E-state index contributed by atoms with van der Waals surface area (Å²) in [6, 6.07) is 5.40. The van der Waals surface area contributed by atoms with Crippen LogP contribution < -0.4 is 5.32 Å². The van der Waals surface area contributed by atoms with Gasteiger partial charge in [0.15, 0.2) is 5.96 Å². The van der Waals surface area contributed by atoms with Crippen molar-refractivity contribution in [3.8, 4) is 0 Å². The van der Waals surface area contributed by atoms with Crippen molar-refractivity contribution in [2.24, 2.45) is 4.99 Å². The third kappa shape index (κ3) is 4.57. The number of benzene rings is 1. The van der Waals surface area contributed by atoms with E-state index in [-0.39, 0.29) is 12.1 Å². The second kappa shape index (κ2) is 8.27. The van der Waals surface area contributed by atoms with Crippen LogP contribution in [0.3, 0.4) is 0 Å². The number of rotatable bonds is 4. The number of guanidine groups is 1. The molecule has 0 amide bonds. The van der Waals surface area contributed by atoms with Crippen LogP contribution in [0.2, 0.25) is 0 Å². The Hall–Kier alpha value is -2.48. The summed E-state index contributed by atoms with van der Waals surface area (Å²) in [5.41, 5.74) is 1.21. The zero-order valence-corrected chi connectivity index (χ0v) is 15.0. The number of halogens is 2. The maximum absolute atomic E-state index is 13.7. The molecule has 0 unspecified atom stereocenters. The van der Waals surface area contributed by atoms with Crippen molar-refractivity contribution in [2.75, 3.05) is 33.2 Å². The van der Waals surface area contributed by atoms with Crippen LogP contribution in [0.4, 0.5) is 8.78 Å². The number of piperazine rings is 1. The number of aliphatic imine (C=N–C) groups is 1. The molecule has 26 heavy (non-hydrogen) atoms. The summed E-state index contributed by atoms with van der Waals surface area (Å²) in [5, 5.41) is 7.14. The van der Waals surface area contributed by atoms with Crippen molar-refractivity contribution in [1.29, 1.82) is 0 Å². The van der Waals surface area contributed by atoms with Gasteiger partial charge in [-0.15, -0.1) is 0 Å². The molecule has 0 spiro atoms. The van der Waals surface area contributed by atoms with Gasteiger partial charge in [0.2, 0.25) is 0 Å². The molecule has 1 aromatic heterocycles. The number of aryl methyl sites for hydroxylation is 1. The van der Waals surface area contributed by atoms with Gasteiger partial charge in [0.25, 0.3) is 0 Å². The molecule has 1 N–H and O–H groups in total. The van der Waals surface area contributed by atoms with Gasteiger partial charge in [-0.25, -0.2) is 8.78 Å². The number of nitrogens with zero attached hydrogens (tertiary/aromatic N) is 4. The van der Waals surface area contributed by atoms with Gasteiger partial charge in [-0.3, -0.25) is 9.89 Å². The van der Waals surface area contributed by atoms with Crippen molar-refractivity contribution in [1.82, 2.24) is 20.3 Å². The van der Waals surface area contributed by atoms with Crippen LogP contribution in [0, 0.1) is 18.6 Å². The van der Waals surface area contributed by atoms with E-state index in [9.17, 15) is 8.78 Å². The van der Waals surface area contributed by atoms with Crippen LogP contribution in [-0.2, 0) is 13.1 Å². The molecule has 0 saturated carbocycles. The molecule has 1 saturated heterocycles. The minimum atomic E-state index is -0.449. The highest BCUT2D eigenvalue weighted by Gasteiger charge is 2.20. The molecule has 140 valence electrons. The van der Waals surface area contributed by atoms with Gasteiger partial charge in [0.05, 0.1) is 5.69 Å². The maximum Gasteiger partial charge on any atom is 0.194 e. The smallest absolute Gasteiger partial charge is 0.194 e. The molecule has 0 bridgehead atoms. The lowest BCUT2D eigenvalue weighted by atomic mass is 10.2. The van der Waals surface area contributed by atoms with Gasteiger partial charge in [-0.05, 0) is 25.1 Å². The number of aromatic nitrogens is 1. The van der Waals surface area contributed by atoms with Crippen molar-refractivity contribution >= 4 is 5.96 Å². The van der Waals surface area contributed by atoms with E-state index in [1.165, 1.54) is 6.07 Å². The maximum atomic E-state index is 13.7. The van der Waals surface area contributed by atoms with Gasteiger partial charge < -0.3 is 14.7 Å². The predicted molar refractivity (Wildman–Crippen MR) is 94.6 cm³/mol. The highest BCUT2D eigenvalue weighted by Crippen LogP contribution is 2.11. The quantitative estimate of drug-likeness (QED) is 0.666. The molecule has 0 aliphatic carbocycles. The Balaban J connectivity index is 1.51. The average Bonchev–Trinajstić information content (AvgIpc) is 3.04. The summed E-state index contributed by atoms with van der Waals surface area (Å²) in [5.74, 6) is 0.621. The predicted octanol–water partition coefficient (Wildman–Crippen LogP) is 2.15. The minimum Gasteiger partial charge on any atom is -0.361 e. The van der Waals surface area contributed by atoms with E-state index in [1.54, 1.807) is 7.05 Å². The Morgan fingerprint density at radius 2 is 2.00 bits per heavy atom. The van der Waals surface area contributed by atoms with Crippen molar-refractivity contribution in [2.45, 2.75) is 20.0 Å². The summed E-state index contributed by atoms with van der Waals surface area (Å²) in [7, 11) is 1.69. The fraction of sp³-hybridized carbons (Fsp3) is 0.444. The van der Waals surface area contributed by atoms with E-state index in [0.717, 1.165) is 56.3 Å². The van der Waals surface area contributed by atoms with Gasteiger partial charge in [0.1, 0.15) is 17.4 Å². The Morgan fingerprint density at radius 1 is 1.23 bits per heavy atom. The van der Waals surface area contributed by atoms with Gasteiger partial charge in [-0.1, -0.05) is 5.16 Å². The van der Waals surface area contributed by atoms with Crippen LogP contribution in [0.25, 0.3) is 0 Å². The first-order valence-corrected chi connectivity index (χ1v) is 8.59. The van der Waals surface area contributed by atoms with E-state index in [0.29, 0.717) is 5.96 Å². The second-order valence-corrected chi connectivity index (χ2v) is 6.33. The summed E-state index contributed by atoms with van der Waals surface area (Å²) in [4.78, 5) is 8.67. The van der Waals surface area contributed by atoms with E-state index >= 15 is 0 Å². The topological polar surface area (TPSA) is 56.9 Å². The second-order valence-electron chi connectivity index (χ2n) is 6.33. The number of hydrogen-bond donors (Lipinski definition) is 1. The highest BCUT2D eigenvalue weighted by atomic mass is 19.1. The van der Waals surface area contributed by atoms with Crippen LogP contribution in [-0.4, -0.2) is 54.1 Å². The van der Waals surface area contributed by atoms with Gasteiger partial charge >= 0.3 is 0 Å². The van der Waals surface area contributed by atoms with Crippen molar-refractivity contribution in [3.05, 3.63) is 52.9 Å². The third-order valence-electron chi connectivity index (χ3n) is 4.39. The Morgan fingerprint density at radius 3 is 2.65 bits per heavy atom. The SMILES string of the molecule is CN=C(NCc1cc(F)ccc1F)N1CCN(Cc2cc(C)on2)CC1. The summed E-state index contributed by atoms with van der Waals surface area (Å²) in [6.45, 7) is 6.14. The largest absolute Gasteiger partial charge is 0.361 e. The van der Waals surface area contributed by atoms with Gasteiger partial charge in [-0.2, -0.15) is 0 Å². The third-order valence-corrected chi connectivity index (χ3v) is 4.39. The molecule has 6 nitrogen and oxygen atoms in total. The van der Waals surface area contributed by atoms with E-state index in [4.69, 9.17) is 4.52 Å². The molecule has 0 radical (unpaired) electrons. The molecule has 3 rings (SSSR count). The lowest BCUT2D eigenvalue weighted by Gasteiger charge is -2.36. The van der Waals surface area contributed by atoms with Gasteiger partial charge in [0, 0.05) is 57.9 Å². The number of nitrogens with one attached hydrogen (secondary N) is 1. The first-order chi connectivity index (χ1) is 12.5. The highest BCUT2D eigenvalue weighted by molar-refractivity contribution is 5.80. The fourth-order valence-corrected chi connectivity index (χ4v) is 3.02. The molecule has 1 aliphatic heterocycles. The molecule has 8 heteroatoms. The lowest BCUT2D eigenvalue weighted by Crippen LogP contribution is -2.52. The van der Waals surface area contributed by atoms with Crippen molar-refractivity contribution in [3.63, 3.8) is 0 Å². The van der Waals surface area contributed by atoms with E-state index in [1.807, 2.05) is 13.0 Å². The Kier molecular flexibility index (Phi) is 5.82. The van der Waals surface area contributed by atoms with Crippen LogP contribution >= 0.6 is 0 Å². The molecule has 2 aromatic rings. The molecular formula is C18H23F2N5O. The summed E-state index contributed by atoms with van der Waals surface area (Å²) >= 11 is 0. The monoisotopic (exact) mass is 363 g/mol. The average molecular weight is 363 g/mol. The molecule has 2 heterocycles. The molecule has 0 atom stereocenters. The number of hydrogen-bond acceptors (Lipinski definition) is 4. The standard InChI is InChI=1S/C18H23F2N5O/c1-13-9-16(23-26-13)12-24-5-7-25(8-6-24)18(21-2)22-11-14-10-15(19)3-4-17(14)20/h3-4,9-10H,5-8,11-12H2,1-2H3,(H,21,22). The van der Waals surface area contributed by atoms with Crippen LogP contribution in [0.5, 0.6) is 0 Å². The summed E-state index contributed by atoms with van der Waals surface area (Å²) < 4.78 is 32.1. The zero-order chi connectivity index (χ0) is 18.5. The Labute approximate surface area is 151 Å². The van der Waals surface area contributed by atoms with E-state index in [2.05, 4.69) is 25.3 Å². The molecule has 1 aromatic carbocycles. The first-order valence-electron chi connectivity index (χ1n) is 8.59. The molecule has 1 aliphatic rings. The summed E-state index contributed by atoms with van der Waals surface area (Å²) in [6.07, 6.45) is 0. The molecule has 1 fully saturated rings. The van der Waals surface area contributed by atoms with E-state index < -0.39 is 11.6 Å². The molecular weight excluding hydrogens is 340 g/mol. The zero-order valence-electron chi connectivity index (χ0n) is 15.0. The minimum absolute atomic E-state index is 0.189. The van der Waals surface area contributed by atoms with Crippen LogP contribution in [0.15, 0.2) is 33.8 Å². The lowest BCUT2D eigenvalue weighted by molar-refractivity contribution is 0.169. The fourth-order valence-electron chi connectivity index (χ4n) is 3.02. The first kappa shape index (κ1) is 18.3.